The summed E-state index contributed by atoms with van der Waals surface area (Å²) in [5, 5.41) is 8.18. The zero-order chi connectivity index (χ0) is 19.8. The van der Waals surface area contributed by atoms with Crippen molar-refractivity contribution in [3.8, 4) is 0 Å². The van der Waals surface area contributed by atoms with Gasteiger partial charge in [0.25, 0.3) is 0 Å². The molecule has 152 valence electrons. The van der Waals surface area contributed by atoms with Crippen LogP contribution in [0.5, 0.6) is 0 Å². The van der Waals surface area contributed by atoms with Crippen LogP contribution >= 0.6 is 0 Å². The number of hydrogen-bond donors (Lipinski definition) is 1. The smallest absolute Gasteiger partial charge is 0.306 e. The molecule has 4 heteroatoms. The summed E-state index contributed by atoms with van der Waals surface area (Å²) in [5.74, 6) is 1.28. The maximum absolute atomic E-state index is 11.4. The van der Waals surface area contributed by atoms with Crippen LogP contribution in [0.1, 0.15) is 78.6 Å². The minimum absolute atomic E-state index is 0.0103. The van der Waals surface area contributed by atoms with Crippen LogP contribution in [-0.4, -0.2) is 23.1 Å². The highest BCUT2D eigenvalue weighted by Crippen LogP contribution is 2.42. The van der Waals surface area contributed by atoms with E-state index >= 15 is 0 Å². The highest BCUT2D eigenvalue weighted by molar-refractivity contribution is 5.70. The van der Waals surface area contributed by atoms with E-state index in [9.17, 15) is 9.59 Å². The summed E-state index contributed by atoms with van der Waals surface area (Å²) >= 11 is 0. The highest BCUT2D eigenvalue weighted by atomic mass is 16.5. The summed E-state index contributed by atoms with van der Waals surface area (Å²) in [6.45, 7) is 5.90. The zero-order valence-corrected chi connectivity index (χ0v) is 17.2. The average molecular weight is 377 g/mol. The number of ether oxygens (including phenoxy) is 1. The monoisotopic (exact) mass is 376 g/mol. The Morgan fingerprint density at radius 3 is 2.70 bits per heavy atom. The molecule has 4 nitrogen and oxygen atoms in total. The number of cyclic esters (lactones) is 1. The van der Waals surface area contributed by atoms with Gasteiger partial charge in [0.05, 0.1) is 5.92 Å². The fourth-order valence-electron chi connectivity index (χ4n) is 4.35. The van der Waals surface area contributed by atoms with Crippen LogP contribution in [0.4, 0.5) is 0 Å². The second-order valence-electron chi connectivity index (χ2n) is 8.35. The summed E-state index contributed by atoms with van der Waals surface area (Å²) < 4.78 is 5.48. The maximum atomic E-state index is 11.4. The van der Waals surface area contributed by atoms with E-state index in [-0.39, 0.29) is 18.0 Å². The Labute approximate surface area is 164 Å². The van der Waals surface area contributed by atoms with Crippen molar-refractivity contribution < 1.29 is 19.4 Å². The van der Waals surface area contributed by atoms with Crippen LogP contribution < -0.4 is 0 Å². The molecule has 1 unspecified atom stereocenters. The molecule has 1 heterocycles. The summed E-state index contributed by atoms with van der Waals surface area (Å²) in [7, 11) is 0. The number of hydrogen-bond acceptors (Lipinski definition) is 3. The second-order valence-corrected chi connectivity index (χ2v) is 8.35. The lowest BCUT2D eigenvalue weighted by molar-refractivity contribution is -0.154. The first-order chi connectivity index (χ1) is 12.9. The number of carboxylic acids is 1. The Morgan fingerprint density at radius 2 is 2.07 bits per heavy atom. The van der Waals surface area contributed by atoms with Gasteiger partial charge in [0.1, 0.15) is 6.10 Å². The van der Waals surface area contributed by atoms with Crippen molar-refractivity contribution in [2.45, 2.75) is 84.7 Å². The minimum atomic E-state index is -0.706. The Kier molecular flexibility index (Phi) is 8.59. The average Bonchev–Trinajstić information content (AvgIpc) is 2.67. The molecule has 0 aromatic heterocycles. The summed E-state index contributed by atoms with van der Waals surface area (Å²) in [6, 6.07) is 0. The van der Waals surface area contributed by atoms with Gasteiger partial charge in [0.15, 0.2) is 0 Å². The molecule has 3 aliphatic rings. The zero-order valence-electron chi connectivity index (χ0n) is 17.2. The Bertz CT molecular complexity index is 563. The van der Waals surface area contributed by atoms with Gasteiger partial charge in [-0.05, 0) is 74.7 Å². The number of esters is 1. The molecule has 1 fully saturated rings. The van der Waals surface area contributed by atoms with Crippen molar-refractivity contribution in [1.29, 1.82) is 0 Å². The lowest BCUT2D eigenvalue weighted by atomic mass is 9.68. The van der Waals surface area contributed by atoms with Crippen molar-refractivity contribution in [3.63, 3.8) is 0 Å². The number of rotatable bonds is 5. The van der Waals surface area contributed by atoms with Crippen molar-refractivity contribution >= 4 is 11.9 Å². The molecule has 2 aliphatic carbocycles. The number of carbonyl (C=O) groups excluding carboxylic acids is 1. The molecule has 0 spiro atoms. The first-order valence-corrected chi connectivity index (χ1v) is 10.7. The molecule has 0 saturated carbocycles. The van der Waals surface area contributed by atoms with Crippen LogP contribution in [0, 0.1) is 23.7 Å². The quantitative estimate of drug-likeness (QED) is 0.641. The first kappa shape index (κ1) is 21.7. The van der Waals surface area contributed by atoms with E-state index in [4.69, 9.17) is 9.84 Å². The van der Waals surface area contributed by atoms with E-state index in [1.807, 2.05) is 6.92 Å². The number of carbonyl (C=O) groups is 2. The van der Waals surface area contributed by atoms with E-state index in [0.29, 0.717) is 12.3 Å². The van der Waals surface area contributed by atoms with Gasteiger partial charge in [0.2, 0.25) is 0 Å². The van der Waals surface area contributed by atoms with Gasteiger partial charge < -0.3 is 9.84 Å². The van der Waals surface area contributed by atoms with Crippen LogP contribution in [0.3, 0.4) is 0 Å². The SMILES string of the molecule is CC[C@H](C)C(=O)O.C[C@H]1C=CC2=CCCC[C@@H]2C1CC[C@@H]1CCCC(=O)O1. The normalized spacial score (nSPS) is 30.9. The van der Waals surface area contributed by atoms with Crippen molar-refractivity contribution in [3.05, 3.63) is 23.8 Å². The van der Waals surface area contributed by atoms with Gasteiger partial charge in [-0.3, -0.25) is 9.59 Å². The summed E-state index contributed by atoms with van der Waals surface area (Å²) in [4.78, 5) is 21.3. The Hall–Kier alpha value is -1.58. The molecule has 1 N–H and O–H groups in total. The molecule has 5 atom stereocenters. The van der Waals surface area contributed by atoms with Gasteiger partial charge in [-0.1, -0.05) is 39.0 Å². The van der Waals surface area contributed by atoms with Gasteiger partial charge >= 0.3 is 11.9 Å². The number of allylic oxidation sites excluding steroid dienone is 4. The van der Waals surface area contributed by atoms with Gasteiger partial charge in [-0.25, -0.2) is 0 Å². The third-order valence-electron chi connectivity index (χ3n) is 6.37. The van der Waals surface area contributed by atoms with E-state index in [1.54, 1.807) is 12.5 Å². The Morgan fingerprint density at radius 1 is 1.30 bits per heavy atom. The minimum Gasteiger partial charge on any atom is -0.481 e. The predicted octanol–water partition coefficient (Wildman–Crippen LogP) is 5.53. The van der Waals surface area contributed by atoms with Crippen molar-refractivity contribution in [1.82, 2.24) is 0 Å². The lowest BCUT2D eigenvalue weighted by Gasteiger charge is -2.38. The highest BCUT2D eigenvalue weighted by Gasteiger charge is 2.32. The largest absolute Gasteiger partial charge is 0.481 e. The fraction of sp³-hybridized carbons (Fsp3) is 0.739. The number of fused-ring (bicyclic) bond motifs is 1. The molecular formula is C23H36O4. The standard InChI is InChI=1S/C18H26O2.C5H10O2/c1-13-9-10-14-5-2-3-7-17(14)16(13)12-11-15-6-4-8-18(19)20-15;1-3-4(2)5(6)7/h5,9-10,13,15-17H,2-4,6-8,11-12H2,1H3;4H,3H2,1-2H3,(H,6,7)/t13-,15-,16?,17-;4-/m00/s1. The van der Waals surface area contributed by atoms with Gasteiger partial charge in [-0.2, -0.15) is 0 Å². The summed E-state index contributed by atoms with van der Waals surface area (Å²) in [6.07, 6.45) is 16.9. The van der Waals surface area contributed by atoms with Crippen LogP contribution in [0.25, 0.3) is 0 Å². The first-order valence-electron chi connectivity index (χ1n) is 10.7. The maximum Gasteiger partial charge on any atom is 0.306 e. The van der Waals surface area contributed by atoms with E-state index in [2.05, 4.69) is 25.2 Å². The predicted molar refractivity (Wildman–Crippen MR) is 107 cm³/mol. The van der Waals surface area contributed by atoms with Crippen LogP contribution in [0.2, 0.25) is 0 Å². The molecular weight excluding hydrogens is 340 g/mol. The van der Waals surface area contributed by atoms with Crippen LogP contribution in [0.15, 0.2) is 23.8 Å². The van der Waals surface area contributed by atoms with Crippen LogP contribution in [-0.2, 0) is 14.3 Å². The summed E-state index contributed by atoms with van der Waals surface area (Å²) in [5.41, 5.74) is 1.57. The van der Waals surface area contributed by atoms with E-state index < -0.39 is 5.97 Å². The molecule has 27 heavy (non-hydrogen) atoms. The second kappa shape index (κ2) is 10.7. The molecule has 0 radical (unpaired) electrons. The van der Waals surface area contributed by atoms with Crippen molar-refractivity contribution in [2.75, 3.05) is 0 Å². The van der Waals surface area contributed by atoms with Crippen molar-refractivity contribution in [2.24, 2.45) is 23.7 Å². The van der Waals surface area contributed by atoms with Gasteiger partial charge in [0, 0.05) is 6.42 Å². The van der Waals surface area contributed by atoms with E-state index in [0.717, 1.165) is 37.5 Å². The van der Waals surface area contributed by atoms with Gasteiger partial charge in [-0.15, -0.1) is 0 Å². The fourth-order valence-corrected chi connectivity index (χ4v) is 4.35. The molecule has 1 saturated heterocycles. The molecule has 0 aromatic carbocycles. The molecule has 0 amide bonds. The molecule has 0 bridgehead atoms. The number of aliphatic carboxylic acids is 1. The molecule has 1 aliphatic heterocycles. The lowest BCUT2D eigenvalue weighted by Crippen LogP contribution is -2.30. The molecule has 3 rings (SSSR count). The third-order valence-corrected chi connectivity index (χ3v) is 6.37. The van der Waals surface area contributed by atoms with E-state index in [1.165, 1.54) is 25.7 Å². The molecule has 0 aromatic rings. The number of carboxylic acid groups (broad SMARTS) is 1. The third kappa shape index (κ3) is 6.51. The topological polar surface area (TPSA) is 63.6 Å². The Balaban J connectivity index is 0.000000321.